The van der Waals surface area contributed by atoms with E-state index in [-0.39, 0.29) is 12.1 Å². The summed E-state index contributed by atoms with van der Waals surface area (Å²) in [5.74, 6) is 0.664. The van der Waals surface area contributed by atoms with Crippen molar-refractivity contribution in [3.8, 4) is 11.3 Å². The number of oxazole rings is 1. The Morgan fingerprint density at radius 1 is 1.18 bits per heavy atom. The summed E-state index contributed by atoms with van der Waals surface area (Å²) < 4.78 is 31.7. The van der Waals surface area contributed by atoms with Gasteiger partial charge in [0, 0.05) is 30.4 Å². The molecule has 1 fully saturated rings. The largest absolute Gasteiger partial charge is 0.444 e. The molecule has 8 nitrogen and oxygen atoms in total. The van der Waals surface area contributed by atoms with Gasteiger partial charge in [0.15, 0.2) is 12.2 Å². The molecule has 1 aromatic heterocycles. The van der Waals surface area contributed by atoms with E-state index in [9.17, 15) is 13.2 Å². The maximum Gasteiger partial charge on any atom is 0.321 e. The first kappa shape index (κ1) is 20.3. The quantitative estimate of drug-likeness (QED) is 0.812. The van der Waals surface area contributed by atoms with E-state index in [4.69, 9.17) is 4.42 Å². The van der Waals surface area contributed by atoms with Gasteiger partial charge in [-0.15, -0.1) is 0 Å². The Bertz CT molecular complexity index is 894. The molecular formula is C19H26N4O4S. The summed E-state index contributed by atoms with van der Waals surface area (Å²) in [6.07, 6.45) is 4.18. The number of anilines is 1. The number of rotatable bonds is 4. The van der Waals surface area contributed by atoms with Crippen molar-refractivity contribution in [3.63, 3.8) is 0 Å². The smallest absolute Gasteiger partial charge is 0.321 e. The second kappa shape index (κ2) is 7.92. The van der Waals surface area contributed by atoms with Crippen molar-refractivity contribution in [2.24, 2.45) is 0 Å². The molecule has 0 bridgehead atoms. The zero-order valence-corrected chi connectivity index (χ0v) is 17.1. The molecule has 0 saturated carbocycles. The molecule has 0 radical (unpaired) electrons. The van der Waals surface area contributed by atoms with Crippen LogP contribution >= 0.6 is 0 Å². The molecule has 152 valence electrons. The predicted molar refractivity (Wildman–Crippen MR) is 107 cm³/mol. The van der Waals surface area contributed by atoms with Gasteiger partial charge in [-0.05, 0) is 57.9 Å². The molecule has 0 unspecified atom stereocenters. The van der Waals surface area contributed by atoms with E-state index in [2.05, 4.69) is 15.0 Å². The maximum atomic E-state index is 12.5. The van der Waals surface area contributed by atoms with Crippen LogP contribution in [0.2, 0.25) is 0 Å². The average Bonchev–Trinajstić information content (AvgIpc) is 3.16. The number of likely N-dealkylation sites (tertiary alicyclic amines) is 1. The van der Waals surface area contributed by atoms with Crippen LogP contribution in [-0.2, 0) is 10.0 Å². The number of nitrogens with one attached hydrogen (secondary N) is 2. The first-order valence-electron chi connectivity index (χ1n) is 9.22. The number of sulfonamides is 1. The summed E-state index contributed by atoms with van der Waals surface area (Å²) in [6, 6.07) is 6.98. The van der Waals surface area contributed by atoms with Gasteiger partial charge >= 0.3 is 6.03 Å². The second-order valence-corrected chi connectivity index (χ2v) is 10.3. The lowest BCUT2D eigenvalue weighted by Gasteiger charge is -2.33. The van der Waals surface area contributed by atoms with Gasteiger partial charge in [-0.25, -0.2) is 22.9 Å². The van der Waals surface area contributed by atoms with Gasteiger partial charge in [-0.1, -0.05) is 0 Å². The molecule has 3 rings (SSSR count). The Morgan fingerprint density at radius 2 is 1.82 bits per heavy atom. The number of piperidine rings is 1. The van der Waals surface area contributed by atoms with Crippen LogP contribution in [0.5, 0.6) is 0 Å². The van der Waals surface area contributed by atoms with Crippen molar-refractivity contribution in [3.05, 3.63) is 36.9 Å². The molecule has 2 heterocycles. The van der Waals surface area contributed by atoms with E-state index >= 15 is 0 Å². The van der Waals surface area contributed by atoms with Crippen LogP contribution in [0.15, 0.2) is 41.3 Å². The maximum absolute atomic E-state index is 12.5. The van der Waals surface area contributed by atoms with Gasteiger partial charge in [-0.3, -0.25) is 0 Å². The van der Waals surface area contributed by atoms with Crippen molar-refractivity contribution in [1.29, 1.82) is 0 Å². The highest BCUT2D eigenvalue weighted by Gasteiger charge is 2.33. The minimum atomic E-state index is -3.39. The average molecular weight is 407 g/mol. The highest BCUT2D eigenvalue weighted by Crippen LogP contribution is 2.22. The molecule has 9 heteroatoms. The fourth-order valence-corrected chi connectivity index (χ4v) is 3.90. The van der Waals surface area contributed by atoms with E-state index in [0.29, 0.717) is 37.4 Å². The summed E-state index contributed by atoms with van der Waals surface area (Å²) >= 11 is 0. The number of hydrogen-bond acceptors (Lipinski definition) is 5. The number of aromatic nitrogens is 1. The molecule has 0 spiro atoms. The minimum absolute atomic E-state index is 0.144. The molecule has 2 aromatic rings. The fourth-order valence-electron chi connectivity index (χ4n) is 2.88. The van der Waals surface area contributed by atoms with Crippen LogP contribution in [-0.4, -0.2) is 48.2 Å². The van der Waals surface area contributed by atoms with E-state index < -0.39 is 14.8 Å². The molecule has 2 amide bonds. The van der Waals surface area contributed by atoms with Crippen LogP contribution in [0.4, 0.5) is 10.5 Å². The molecule has 2 N–H and O–H groups in total. The molecular weight excluding hydrogens is 380 g/mol. The first-order valence-corrected chi connectivity index (χ1v) is 10.7. The summed E-state index contributed by atoms with van der Waals surface area (Å²) in [4.78, 5) is 18.1. The highest BCUT2D eigenvalue weighted by atomic mass is 32.2. The van der Waals surface area contributed by atoms with Crippen LogP contribution in [0.25, 0.3) is 11.3 Å². The molecule has 0 aliphatic carbocycles. The number of benzene rings is 1. The summed E-state index contributed by atoms with van der Waals surface area (Å²) in [5, 5.41) is 2.87. The summed E-state index contributed by atoms with van der Waals surface area (Å²) in [7, 11) is -3.39. The van der Waals surface area contributed by atoms with E-state index in [1.54, 1.807) is 44.0 Å². The Morgan fingerprint density at radius 3 is 2.36 bits per heavy atom. The molecule has 1 aliphatic rings. The topological polar surface area (TPSA) is 105 Å². The second-order valence-electron chi connectivity index (χ2n) is 7.87. The summed E-state index contributed by atoms with van der Waals surface area (Å²) in [6.45, 7) is 6.02. The van der Waals surface area contributed by atoms with Gasteiger partial charge in [0.1, 0.15) is 0 Å². The highest BCUT2D eigenvalue weighted by molar-refractivity contribution is 7.90. The Balaban J connectivity index is 1.51. The number of amides is 2. The third-order valence-electron chi connectivity index (χ3n) is 4.76. The number of hydrogen-bond donors (Lipinski definition) is 2. The number of nitrogens with zero attached hydrogens (tertiary/aromatic N) is 2. The zero-order chi connectivity index (χ0) is 20.4. The third-order valence-corrected chi connectivity index (χ3v) is 7.02. The molecule has 1 saturated heterocycles. The van der Waals surface area contributed by atoms with Crippen molar-refractivity contribution in [1.82, 2.24) is 14.6 Å². The lowest BCUT2D eigenvalue weighted by molar-refractivity contribution is 0.193. The number of carbonyl (C=O) groups is 1. The van der Waals surface area contributed by atoms with Crippen LogP contribution in [0.3, 0.4) is 0 Å². The van der Waals surface area contributed by atoms with Gasteiger partial charge < -0.3 is 14.6 Å². The SMILES string of the molecule is CC(C)(C)S(=O)(=O)NC1CCN(C(=O)Nc2ccc(-c3cnco3)cc2)CC1. The number of carbonyl (C=O) groups excluding carboxylic acids is 1. The van der Waals surface area contributed by atoms with Gasteiger partial charge in [0.25, 0.3) is 0 Å². The Kier molecular flexibility index (Phi) is 5.76. The third kappa shape index (κ3) is 4.71. The van der Waals surface area contributed by atoms with Crippen molar-refractivity contribution in [2.45, 2.75) is 44.4 Å². The van der Waals surface area contributed by atoms with Gasteiger partial charge in [-0.2, -0.15) is 0 Å². The molecule has 28 heavy (non-hydrogen) atoms. The first-order chi connectivity index (χ1) is 13.2. The minimum Gasteiger partial charge on any atom is -0.444 e. The summed E-state index contributed by atoms with van der Waals surface area (Å²) in [5.41, 5.74) is 1.56. The van der Waals surface area contributed by atoms with Crippen LogP contribution < -0.4 is 10.0 Å². The number of urea groups is 1. The Hall–Kier alpha value is -2.39. The van der Waals surface area contributed by atoms with Gasteiger partial charge in [0.05, 0.1) is 10.9 Å². The molecule has 1 aromatic carbocycles. The van der Waals surface area contributed by atoms with Crippen LogP contribution in [0, 0.1) is 0 Å². The van der Waals surface area contributed by atoms with Crippen molar-refractivity contribution < 1.29 is 17.6 Å². The zero-order valence-electron chi connectivity index (χ0n) is 16.3. The molecule has 0 atom stereocenters. The fraction of sp³-hybridized carbons (Fsp3) is 0.474. The molecule has 1 aliphatic heterocycles. The monoisotopic (exact) mass is 406 g/mol. The van der Waals surface area contributed by atoms with Gasteiger partial charge in [0.2, 0.25) is 10.0 Å². The normalized spacial score (nSPS) is 16.2. The van der Waals surface area contributed by atoms with Crippen molar-refractivity contribution >= 4 is 21.7 Å². The standard InChI is InChI=1S/C19H26N4O4S/c1-19(2,3)28(25,26)22-16-8-10-23(11-9-16)18(24)21-15-6-4-14(5-7-15)17-12-20-13-27-17/h4-7,12-13,16,22H,8-11H2,1-3H3,(H,21,24). The predicted octanol–water partition coefficient (Wildman–Crippen LogP) is 3.06. The lowest BCUT2D eigenvalue weighted by Crippen LogP contribution is -2.50. The lowest BCUT2D eigenvalue weighted by atomic mass is 10.1. The van der Waals surface area contributed by atoms with Crippen LogP contribution in [0.1, 0.15) is 33.6 Å². The van der Waals surface area contributed by atoms with E-state index in [0.717, 1.165) is 5.56 Å². The van der Waals surface area contributed by atoms with E-state index in [1.807, 2.05) is 12.1 Å². The Labute approximate surface area is 165 Å². The van der Waals surface area contributed by atoms with E-state index in [1.165, 1.54) is 6.39 Å². The van der Waals surface area contributed by atoms with Crippen molar-refractivity contribution in [2.75, 3.05) is 18.4 Å².